The molecule has 0 aliphatic heterocycles. The summed E-state index contributed by atoms with van der Waals surface area (Å²) in [6.07, 6.45) is 0. The van der Waals surface area contributed by atoms with Gasteiger partial charge in [-0.3, -0.25) is 0 Å². The molecule has 0 radical (unpaired) electrons. The van der Waals surface area contributed by atoms with Gasteiger partial charge in [0.05, 0.1) is 4.47 Å². The van der Waals surface area contributed by atoms with Gasteiger partial charge < -0.3 is 10.2 Å². The first kappa shape index (κ1) is 10.1. The fraction of sp³-hybridized carbons (Fsp3) is 0. The summed E-state index contributed by atoms with van der Waals surface area (Å²) in [5.41, 5.74) is 1.48. The van der Waals surface area contributed by atoms with Gasteiger partial charge in [-0.05, 0) is 33.6 Å². The number of aromatic hydroxyl groups is 2. The smallest absolute Gasteiger partial charge is 0.137 e. The van der Waals surface area contributed by atoms with Gasteiger partial charge in [0, 0.05) is 5.56 Å². The summed E-state index contributed by atoms with van der Waals surface area (Å²) in [6.45, 7) is 0. The molecule has 2 rings (SSSR count). The molecular formula is C12H9BrO2. The third-order valence-corrected chi connectivity index (χ3v) is 2.74. The molecule has 0 saturated carbocycles. The van der Waals surface area contributed by atoms with Crippen molar-refractivity contribution in [2.24, 2.45) is 0 Å². The second kappa shape index (κ2) is 3.95. The summed E-state index contributed by atoms with van der Waals surface area (Å²) in [4.78, 5) is 0. The van der Waals surface area contributed by atoms with Gasteiger partial charge in [0.25, 0.3) is 0 Å². The zero-order valence-corrected chi connectivity index (χ0v) is 9.40. The highest BCUT2D eigenvalue weighted by atomic mass is 79.9. The highest BCUT2D eigenvalue weighted by Gasteiger charge is 2.09. The van der Waals surface area contributed by atoms with Gasteiger partial charge in [-0.1, -0.05) is 30.3 Å². The van der Waals surface area contributed by atoms with E-state index in [-0.39, 0.29) is 11.5 Å². The molecule has 0 aliphatic carbocycles. The molecule has 0 bridgehead atoms. The van der Waals surface area contributed by atoms with Crippen LogP contribution in [0.15, 0.2) is 46.9 Å². The molecule has 0 unspecified atom stereocenters. The normalized spacial score (nSPS) is 10.2. The minimum Gasteiger partial charge on any atom is -0.508 e. The molecule has 0 fully saturated rings. The van der Waals surface area contributed by atoms with Crippen LogP contribution in [0.5, 0.6) is 11.5 Å². The first-order valence-corrected chi connectivity index (χ1v) is 5.24. The zero-order valence-electron chi connectivity index (χ0n) is 7.81. The summed E-state index contributed by atoms with van der Waals surface area (Å²) in [5, 5.41) is 19.3. The predicted molar refractivity (Wildman–Crippen MR) is 62.9 cm³/mol. The van der Waals surface area contributed by atoms with E-state index in [9.17, 15) is 10.2 Å². The molecule has 0 aromatic heterocycles. The maximum atomic E-state index is 9.82. The average Bonchev–Trinajstić information content (AvgIpc) is 2.24. The van der Waals surface area contributed by atoms with Crippen LogP contribution in [0.4, 0.5) is 0 Å². The van der Waals surface area contributed by atoms with Crippen molar-refractivity contribution in [1.82, 2.24) is 0 Å². The molecule has 0 heterocycles. The van der Waals surface area contributed by atoms with E-state index in [4.69, 9.17) is 0 Å². The molecule has 76 valence electrons. The Balaban J connectivity index is 2.63. The van der Waals surface area contributed by atoms with Gasteiger partial charge in [0.15, 0.2) is 0 Å². The van der Waals surface area contributed by atoms with Crippen molar-refractivity contribution in [1.29, 1.82) is 0 Å². The second-order valence-electron chi connectivity index (χ2n) is 3.19. The Morgan fingerprint density at radius 1 is 0.933 bits per heavy atom. The largest absolute Gasteiger partial charge is 0.508 e. The van der Waals surface area contributed by atoms with Crippen molar-refractivity contribution in [3.63, 3.8) is 0 Å². The minimum atomic E-state index is 0.124. The lowest BCUT2D eigenvalue weighted by molar-refractivity contribution is 0.459. The Bertz CT molecular complexity index is 480. The number of rotatable bonds is 1. The summed E-state index contributed by atoms with van der Waals surface area (Å²) >= 11 is 3.18. The predicted octanol–water partition coefficient (Wildman–Crippen LogP) is 3.53. The van der Waals surface area contributed by atoms with Crippen LogP contribution < -0.4 is 0 Å². The first-order valence-electron chi connectivity index (χ1n) is 4.45. The van der Waals surface area contributed by atoms with E-state index in [2.05, 4.69) is 15.9 Å². The molecule has 0 atom stereocenters. The van der Waals surface area contributed by atoms with Crippen LogP contribution in [0, 0.1) is 0 Å². The van der Waals surface area contributed by atoms with E-state index in [1.165, 1.54) is 12.1 Å². The number of phenolic OH excluding ortho intramolecular Hbond substituents is 2. The van der Waals surface area contributed by atoms with Crippen molar-refractivity contribution >= 4 is 15.9 Å². The van der Waals surface area contributed by atoms with Gasteiger partial charge in [-0.15, -0.1) is 0 Å². The molecule has 2 aromatic rings. The number of halogens is 1. The van der Waals surface area contributed by atoms with Crippen molar-refractivity contribution in [2.45, 2.75) is 0 Å². The molecule has 2 N–H and O–H groups in total. The lowest BCUT2D eigenvalue weighted by Crippen LogP contribution is -1.80. The Morgan fingerprint density at radius 2 is 1.60 bits per heavy atom. The molecular weight excluding hydrogens is 256 g/mol. The van der Waals surface area contributed by atoms with E-state index in [1.54, 1.807) is 0 Å². The topological polar surface area (TPSA) is 40.5 Å². The van der Waals surface area contributed by atoms with Gasteiger partial charge >= 0.3 is 0 Å². The maximum absolute atomic E-state index is 9.82. The van der Waals surface area contributed by atoms with Crippen molar-refractivity contribution in [3.8, 4) is 22.6 Å². The number of benzene rings is 2. The van der Waals surface area contributed by atoms with Crippen LogP contribution in [0.3, 0.4) is 0 Å². The summed E-state index contributed by atoms with van der Waals surface area (Å²) in [5.74, 6) is 0.262. The van der Waals surface area contributed by atoms with Crippen LogP contribution in [0.1, 0.15) is 0 Å². The van der Waals surface area contributed by atoms with Gasteiger partial charge in [-0.2, -0.15) is 0 Å². The molecule has 2 aromatic carbocycles. The third-order valence-electron chi connectivity index (χ3n) is 2.13. The van der Waals surface area contributed by atoms with Gasteiger partial charge in [0.1, 0.15) is 11.5 Å². The van der Waals surface area contributed by atoms with Crippen molar-refractivity contribution in [3.05, 3.63) is 46.9 Å². The van der Waals surface area contributed by atoms with Gasteiger partial charge in [-0.25, -0.2) is 0 Å². The molecule has 2 nitrogen and oxygen atoms in total. The van der Waals surface area contributed by atoms with Crippen molar-refractivity contribution in [2.75, 3.05) is 0 Å². The molecule has 3 heteroatoms. The third kappa shape index (κ3) is 1.97. The minimum absolute atomic E-state index is 0.124. The SMILES string of the molecule is Oc1cc(Br)c(O)c(-c2ccccc2)c1. The number of hydrogen-bond acceptors (Lipinski definition) is 2. The second-order valence-corrected chi connectivity index (χ2v) is 4.04. The fourth-order valence-electron chi connectivity index (χ4n) is 1.42. The highest BCUT2D eigenvalue weighted by molar-refractivity contribution is 9.10. The van der Waals surface area contributed by atoms with Crippen LogP contribution in [-0.4, -0.2) is 10.2 Å². The summed E-state index contributed by atoms with van der Waals surface area (Å²) < 4.78 is 0.487. The maximum Gasteiger partial charge on any atom is 0.137 e. The first-order chi connectivity index (χ1) is 7.18. The monoisotopic (exact) mass is 264 g/mol. The number of hydrogen-bond donors (Lipinski definition) is 2. The molecule has 0 saturated heterocycles. The van der Waals surface area contributed by atoms with Crippen LogP contribution in [0.25, 0.3) is 11.1 Å². The summed E-state index contributed by atoms with van der Waals surface area (Å²) in [6, 6.07) is 12.4. The quantitative estimate of drug-likeness (QED) is 0.774. The Labute approximate surface area is 95.9 Å². The Hall–Kier alpha value is -1.48. The van der Waals surface area contributed by atoms with Crippen LogP contribution in [0.2, 0.25) is 0 Å². The highest BCUT2D eigenvalue weighted by Crippen LogP contribution is 2.38. The standard InChI is InChI=1S/C12H9BrO2/c13-11-7-9(14)6-10(12(11)15)8-4-2-1-3-5-8/h1-7,14-15H. The summed E-state index contributed by atoms with van der Waals surface area (Å²) in [7, 11) is 0. The molecule has 15 heavy (non-hydrogen) atoms. The lowest BCUT2D eigenvalue weighted by atomic mass is 10.0. The van der Waals surface area contributed by atoms with E-state index in [0.29, 0.717) is 10.0 Å². The fourth-order valence-corrected chi connectivity index (χ4v) is 1.87. The molecule has 0 amide bonds. The zero-order chi connectivity index (χ0) is 10.8. The number of phenols is 2. The lowest BCUT2D eigenvalue weighted by Gasteiger charge is -2.07. The van der Waals surface area contributed by atoms with E-state index >= 15 is 0 Å². The van der Waals surface area contributed by atoms with Crippen LogP contribution >= 0.6 is 15.9 Å². The molecule has 0 spiro atoms. The van der Waals surface area contributed by atoms with Crippen LogP contribution in [-0.2, 0) is 0 Å². The molecule has 0 aliphatic rings. The van der Waals surface area contributed by atoms with E-state index in [1.807, 2.05) is 30.3 Å². The average molecular weight is 265 g/mol. The van der Waals surface area contributed by atoms with E-state index < -0.39 is 0 Å². The van der Waals surface area contributed by atoms with Gasteiger partial charge in [0.2, 0.25) is 0 Å². The van der Waals surface area contributed by atoms with Crippen molar-refractivity contribution < 1.29 is 10.2 Å². The Kier molecular flexibility index (Phi) is 2.64. The van der Waals surface area contributed by atoms with E-state index in [0.717, 1.165) is 5.56 Å². The Morgan fingerprint density at radius 3 is 2.27 bits per heavy atom.